The average molecular weight is 241 g/mol. The molecule has 1 aliphatic carbocycles. The van der Waals surface area contributed by atoms with Crippen LogP contribution in [0, 0.1) is 0 Å². The molecule has 0 spiro atoms. The van der Waals surface area contributed by atoms with Crippen LogP contribution in [0.3, 0.4) is 0 Å². The molecular weight excluding hydrogens is 226 g/mol. The van der Waals surface area contributed by atoms with E-state index in [9.17, 15) is 8.42 Å². The Morgan fingerprint density at radius 2 is 1.69 bits per heavy atom. The van der Waals surface area contributed by atoms with Gasteiger partial charge in [-0.15, -0.1) is 0 Å². The Balaban J connectivity index is 2.14. The maximum atomic E-state index is 11.9. The highest BCUT2D eigenvalue weighted by Crippen LogP contribution is 2.21. The van der Waals surface area contributed by atoms with Gasteiger partial charge in [-0.25, -0.2) is 13.1 Å². The van der Waals surface area contributed by atoms with Crippen LogP contribution in [0.2, 0.25) is 0 Å². The van der Waals surface area contributed by atoms with Gasteiger partial charge in [-0.1, -0.05) is 12.8 Å². The van der Waals surface area contributed by atoms with Gasteiger partial charge >= 0.3 is 0 Å². The van der Waals surface area contributed by atoms with E-state index in [4.69, 9.17) is 5.11 Å². The van der Waals surface area contributed by atoms with Gasteiger partial charge in [0.05, 0.1) is 4.90 Å². The number of phenolic OH excluding ortho intramolecular Hbond substituents is 1. The summed E-state index contributed by atoms with van der Waals surface area (Å²) in [6, 6.07) is 5.64. The highest BCUT2D eigenvalue weighted by atomic mass is 32.2. The van der Waals surface area contributed by atoms with Crippen molar-refractivity contribution in [1.82, 2.24) is 4.72 Å². The van der Waals surface area contributed by atoms with E-state index in [2.05, 4.69) is 4.72 Å². The van der Waals surface area contributed by atoms with Crippen LogP contribution in [0.25, 0.3) is 0 Å². The largest absolute Gasteiger partial charge is 0.508 e. The smallest absolute Gasteiger partial charge is 0.240 e. The summed E-state index contributed by atoms with van der Waals surface area (Å²) in [5.41, 5.74) is 0. The van der Waals surface area contributed by atoms with E-state index in [0.29, 0.717) is 0 Å². The molecule has 0 bridgehead atoms. The molecule has 0 saturated heterocycles. The number of rotatable bonds is 3. The van der Waals surface area contributed by atoms with Crippen molar-refractivity contribution >= 4 is 10.0 Å². The first kappa shape index (κ1) is 11.4. The predicted molar refractivity (Wildman–Crippen MR) is 60.7 cm³/mol. The summed E-state index contributed by atoms with van der Waals surface area (Å²) >= 11 is 0. The van der Waals surface area contributed by atoms with E-state index in [1.165, 1.54) is 24.3 Å². The second-order valence-electron chi connectivity index (χ2n) is 4.10. The summed E-state index contributed by atoms with van der Waals surface area (Å²) in [5, 5.41) is 9.09. The molecule has 1 fully saturated rings. The van der Waals surface area contributed by atoms with Crippen LogP contribution in [-0.4, -0.2) is 19.6 Å². The molecule has 0 heterocycles. The number of nitrogens with one attached hydrogen (secondary N) is 1. The summed E-state index contributed by atoms with van der Waals surface area (Å²) in [6.07, 6.45) is 4.00. The number of sulfonamides is 1. The van der Waals surface area contributed by atoms with Gasteiger partial charge in [0.15, 0.2) is 0 Å². The molecule has 0 radical (unpaired) electrons. The summed E-state index contributed by atoms with van der Waals surface area (Å²) in [6.45, 7) is 0. The maximum absolute atomic E-state index is 11.9. The molecule has 1 aromatic carbocycles. The zero-order valence-electron chi connectivity index (χ0n) is 8.89. The molecule has 2 rings (SSSR count). The van der Waals surface area contributed by atoms with Crippen molar-refractivity contribution in [2.45, 2.75) is 36.6 Å². The zero-order valence-corrected chi connectivity index (χ0v) is 9.70. The fourth-order valence-electron chi connectivity index (χ4n) is 1.96. The third-order valence-electron chi connectivity index (χ3n) is 2.82. The average Bonchev–Trinajstić information content (AvgIpc) is 2.70. The minimum Gasteiger partial charge on any atom is -0.508 e. The molecule has 0 unspecified atom stereocenters. The van der Waals surface area contributed by atoms with Crippen molar-refractivity contribution < 1.29 is 13.5 Å². The molecule has 0 atom stereocenters. The van der Waals surface area contributed by atoms with Gasteiger partial charge in [0.2, 0.25) is 10.0 Å². The van der Waals surface area contributed by atoms with Gasteiger partial charge in [-0.05, 0) is 37.1 Å². The molecule has 88 valence electrons. The number of aromatic hydroxyl groups is 1. The minimum absolute atomic E-state index is 0.0683. The number of hydrogen-bond donors (Lipinski definition) is 2. The topological polar surface area (TPSA) is 66.4 Å². The second-order valence-corrected chi connectivity index (χ2v) is 5.81. The zero-order chi connectivity index (χ0) is 11.6. The van der Waals surface area contributed by atoms with Crippen molar-refractivity contribution in [2.75, 3.05) is 0 Å². The van der Waals surface area contributed by atoms with E-state index in [1.54, 1.807) is 0 Å². The molecule has 0 amide bonds. The molecule has 4 nitrogen and oxygen atoms in total. The van der Waals surface area contributed by atoms with Crippen LogP contribution in [0.1, 0.15) is 25.7 Å². The highest BCUT2D eigenvalue weighted by Gasteiger charge is 2.22. The Bertz CT molecular complexity index is 447. The summed E-state index contributed by atoms with van der Waals surface area (Å²) in [7, 11) is -3.42. The van der Waals surface area contributed by atoms with Crippen molar-refractivity contribution in [2.24, 2.45) is 0 Å². The summed E-state index contributed by atoms with van der Waals surface area (Å²) in [5.74, 6) is 0.0693. The molecule has 2 N–H and O–H groups in total. The molecular formula is C11H15NO3S. The van der Waals surface area contributed by atoms with E-state index in [-0.39, 0.29) is 16.7 Å². The van der Waals surface area contributed by atoms with Crippen LogP contribution in [-0.2, 0) is 10.0 Å². The molecule has 1 aromatic rings. The van der Waals surface area contributed by atoms with E-state index in [1.807, 2.05) is 0 Å². The third-order valence-corrected chi connectivity index (χ3v) is 4.36. The van der Waals surface area contributed by atoms with Gasteiger partial charge < -0.3 is 5.11 Å². The first-order valence-electron chi connectivity index (χ1n) is 5.39. The van der Waals surface area contributed by atoms with Gasteiger partial charge in [-0.2, -0.15) is 0 Å². The Hall–Kier alpha value is -1.07. The Kier molecular flexibility index (Phi) is 3.16. The normalized spacial score (nSPS) is 17.8. The molecule has 0 aromatic heterocycles. The molecule has 1 aliphatic rings. The van der Waals surface area contributed by atoms with E-state index < -0.39 is 10.0 Å². The molecule has 1 saturated carbocycles. The maximum Gasteiger partial charge on any atom is 0.240 e. The SMILES string of the molecule is O=S(=O)(NC1CCCC1)c1ccc(O)cc1. The van der Waals surface area contributed by atoms with Crippen molar-refractivity contribution in [1.29, 1.82) is 0 Å². The lowest BCUT2D eigenvalue weighted by Gasteiger charge is -2.12. The fourth-order valence-corrected chi connectivity index (χ4v) is 3.26. The number of benzene rings is 1. The summed E-state index contributed by atoms with van der Waals surface area (Å²) in [4.78, 5) is 0.206. The Morgan fingerprint density at radius 1 is 1.12 bits per heavy atom. The quantitative estimate of drug-likeness (QED) is 0.845. The van der Waals surface area contributed by atoms with E-state index >= 15 is 0 Å². The lowest BCUT2D eigenvalue weighted by Crippen LogP contribution is -2.32. The number of hydrogen-bond acceptors (Lipinski definition) is 3. The summed E-state index contributed by atoms with van der Waals surface area (Å²) < 4.78 is 26.5. The number of phenols is 1. The molecule has 0 aliphatic heterocycles. The first-order valence-corrected chi connectivity index (χ1v) is 6.87. The monoisotopic (exact) mass is 241 g/mol. The Morgan fingerprint density at radius 3 is 2.25 bits per heavy atom. The van der Waals surface area contributed by atoms with Gasteiger partial charge in [-0.3, -0.25) is 0 Å². The minimum atomic E-state index is -3.42. The standard InChI is InChI=1S/C11H15NO3S/c13-10-5-7-11(8-6-10)16(14,15)12-9-3-1-2-4-9/h5-9,12-13H,1-4H2. The van der Waals surface area contributed by atoms with Gasteiger partial charge in [0, 0.05) is 6.04 Å². The van der Waals surface area contributed by atoms with Gasteiger partial charge in [0.25, 0.3) is 0 Å². The van der Waals surface area contributed by atoms with Crippen LogP contribution in [0.4, 0.5) is 0 Å². The lowest BCUT2D eigenvalue weighted by molar-refractivity contribution is 0.474. The third kappa shape index (κ3) is 2.54. The van der Waals surface area contributed by atoms with Crippen molar-refractivity contribution in [3.8, 4) is 5.75 Å². The van der Waals surface area contributed by atoms with Crippen LogP contribution < -0.4 is 4.72 Å². The molecule has 16 heavy (non-hydrogen) atoms. The van der Waals surface area contributed by atoms with Crippen molar-refractivity contribution in [3.05, 3.63) is 24.3 Å². The van der Waals surface area contributed by atoms with Crippen LogP contribution >= 0.6 is 0 Å². The van der Waals surface area contributed by atoms with Crippen molar-refractivity contribution in [3.63, 3.8) is 0 Å². The molecule has 5 heteroatoms. The Labute approximate surface area is 95.4 Å². The lowest BCUT2D eigenvalue weighted by atomic mass is 10.3. The fraction of sp³-hybridized carbons (Fsp3) is 0.455. The van der Waals surface area contributed by atoms with Crippen LogP contribution in [0.5, 0.6) is 5.75 Å². The van der Waals surface area contributed by atoms with Gasteiger partial charge in [0.1, 0.15) is 5.75 Å². The predicted octanol–water partition coefficient (Wildman–Crippen LogP) is 1.61. The first-order chi connectivity index (χ1) is 7.58. The van der Waals surface area contributed by atoms with E-state index in [0.717, 1.165) is 25.7 Å². The second kappa shape index (κ2) is 4.43. The highest BCUT2D eigenvalue weighted by molar-refractivity contribution is 7.89. The van der Waals surface area contributed by atoms with Crippen LogP contribution in [0.15, 0.2) is 29.2 Å².